The van der Waals surface area contributed by atoms with Crippen molar-refractivity contribution in [3.05, 3.63) is 46.5 Å². The lowest BCUT2D eigenvalue weighted by atomic mass is 10.1. The Hall–Kier alpha value is -2.34. The number of nitrogens with two attached hydrogens (primary N) is 1. The van der Waals surface area contributed by atoms with Crippen LogP contribution in [0.4, 0.5) is 10.2 Å². The summed E-state index contributed by atoms with van der Waals surface area (Å²) in [5.41, 5.74) is 9.62. The number of nitrogen functional groups attached to an aromatic ring is 1. The van der Waals surface area contributed by atoms with Gasteiger partial charge in [-0.1, -0.05) is 0 Å². The van der Waals surface area contributed by atoms with E-state index >= 15 is 0 Å². The van der Waals surface area contributed by atoms with Crippen LogP contribution in [0.2, 0.25) is 0 Å². The highest BCUT2D eigenvalue weighted by Gasteiger charge is 2.24. The van der Waals surface area contributed by atoms with Gasteiger partial charge in [-0.3, -0.25) is 0 Å². The number of aryl methyl sites for hydroxylation is 1. The van der Waals surface area contributed by atoms with Crippen LogP contribution < -0.4 is 5.73 Å². The molecule has 0 atom stereocenters. The zero-order chi connectivity index (χ0) is 14.6. The lowest BCUT2D eigenvalue weighted by Crippen LogP contribution is -1.98. The molecule has 3 aromatic rings. The van der Waals surface area contributed by atoms with Gasteiger partial charge in [0.15, 0.2) is 0 Å². The summed E-state index contributed by atoms with van der Waals surface area (Å²) < 4.78 is 13.3. The summed E-state index contributed by atoms with van der Waals surface area (Å²) in [5.74, 6) is 0.871. The molecule has 1 aromatic carbocycles. The van der Waals surface area contributed by atoms with Gasteiger partial charge in [0.2, 0.25) is 0 Å². The highest BCUT2D eigenvalue weighted by Crippen LogP contribution is 2.42. The number of thiazole rings is 1. The maximum atomic E-state index is 13.3. The highest BCUT2D eigenvalue weighted by atomic mass is 32.1. The van der Waals surface area contributed by atoms with Gasteiger partial charge >= 0.3 is 0 Å². The number of aromatic nitrogens is 3. The third kappa shape index (κ3) is 1.91. The van der Waals surface area contributed by atoms with Crippen LogP contribution in [0.3, 0.4) is 0 Å². The normalized spacial score (nSPS) is 12.3. The van der Waals surface area contributed by atoms with Crippen molar-refractivity contribution in [3.8, 4) is 21.8 Å². The van der Waals surface area contributed by atoms with Crippen LogP contribution in [0.25, 0.3) is 21.8 Å². The Kier molecular flexibility index (Phi) is 2.56. The van der Waals surface area contributed by atoms with E-state index in [2.05, 4.69) is 15.0 Å². The molecule has 6 heteroatoms. The van der Waals surface area contributed by atoms with E-state index in [9.17, 15) is 4.39 Å². The zero-order valence-corrected chi connectivity index (χ0v) is 12.0. The van der Waals surface area contributed by atoms with E-state index in [4.69, 9.17) is 5.73 Å². The number of anilines is 1. The van der Waals surface area contributed by atoms with Gasteiger partial charge in [-0.05, 0) is 30.7 Å². The molecule has 0 fully saturated rings. The average molecular weight is 298 g/mol. The van der Waals surface area contributed by atoms with Crippen molar-refractivity contribution in [2.75, 3.05) is 5.73 Å². The van der Waals surface area contributed by atoms with Crippen molar-refractivity contribution >= 4 is 17.2 Å². The molecule has 0 amide bonds. The number of halogens is 1. The van der Waals surface area contributed by atoms with Gasteiger partial charge < -0.3 is 5.73 Å². The molecule has 2 aromatic heterocycles. The number of rotatable bonds is 1. The lowest BCUT2D eigenvalue weighted by molar-refractivity contribution is 0.626. The van der Waals surface area contributed by atoms with Gasteiger partial charge in [0.25, 0.3) is 0 Å². The number of hydrogen-bond donors (Lipinski definition) is 1. The average Bonchev–Trinajstić information content (AvgIpc) is 2.95. The Bertz CT molecular complexity index is 872. The van der Waals surface area contributed by atoms with Crippen molar-refractivity contribution in [3.63, 3.8) is 0 Å². The largest absolute Gasteiger partial charge is 0.383 e. The Morgan fingerprint density at radius 1 is 1.24 bits per heavy atom. The van der Waals surface area contributed by atoms with Crippen molar-refractivity contribution in [2.45, 2.75) is 13.3 Å². The zero-order valence-electron chi connectivity index (χ0n) is 11.2. The first-order valence-electron chi connectivity index (χ1n) is 6.50. The lowest BCUT2D eigenvalue weighted by Gasteiger charge is -2.02. The number of fused-ring (bicyclic) bond motifs is 3. The molecule has 0 saturated heterocycles. The topological polar surface area (TPSA) is 64.7 Å². The number of nitrogens with zero attached hydrogens (tertiary/aromatic N) is 3. The summed E-state index contributed by atoms with van der Waals surface area (Å²) in [5, 5.41) is 0.812. The second-order valence-corrected chi connectivity index (χ2v) is 6.07. The molecule has 0 aliphatic heterocycles. The molecule has 0 unspecified atom stereocenters. The first-order chi connectivity index (χ1) is 10.1. The molecule has 0 radical (unpaired) electrons. The van der Waals surface area contributed by atoms with Gasteiger partial charge in [-0.25, -0.2) is 19.3 Å². The van der Waals surface area contributed by atoms with Gasteiger partial charge in [0.05, 0.1) is 11.3 Å². The predicted molar refractivity (Wildman–Crippen MR) is 80.5 cm³/mol. The predicted octanol–water partition coefficient (Wildman–Crippen LogP) is 3.20. The van der Waals surface area contributed by atoms with Crippen molar-refractivity contribution in [1.82, 2.24) is 15.0 Å². The summed E-state index contributed by atoms with van der Waals surface area (Å²) in [6.07, 6.45) is 2.42. The van der Waals surface area contributed by atoms with Crippen LogP contribution in [0.15, 0.2) is 24.4 Å². The molecule has 1 aliphatic carbocycles. The van der Waals surface area contributed by atoms with Crippen molar-refractivity contribution < 1.29 is 4.39 Å². The van der Waals surface area contributed by atoms with E-state index in [0.29, 0.717) is 18.1 Å². The maximum Gasteiger partial charge on any atom is 0.137 e. The summed E-state index contributed by atoms with van der Waals surface area (Å²) >= 11 is 1.56. The SMILES string of the molecule is Cc1ncc(-c2nc3c(s2)Cc2cc(F)ccc2-3)c(N)n1. The Balaban J connectivity index is 1.83. The Labute approximate surface area is 124 Å². The van der Waals surface area contributed by atoms with Crippen LogP contribution in [-0.2, 0) is 6.42 Å². The molecule has 2 heterocycles. The third-order valence-electron chi connectivity index (χ3n) is 3.54. The van der Waals surface area contributed by atoms with E-state index in [0.717, 1.165) is 32.3 Å². The van der Waals surface area contributed by atoms with Crippen LogP contribution in [0.1, 0.15) is 16.3 Å². The fourth-order valence-corrected chi connectivity index (χ4v) is 3.68. The monoisotopic (exact) mass is 298 g/mol. The fraction of sp³-hybridized carbons (Fsp3) is 0.133. The summed E-state index contributed by atoms with van der Waals surface area (Å²) in [4.78, 5) is 14.1. The van der Waals surface area contributed by atoms with Crippen molar-refractivity contribution in [2.24, 2.45) is 0 Å². The molecule has 0 spiro atoms. The van der Waals surface area contributed by atoms with E-state index < -0.39 is 0 Å². The standard InChI is InChI=1S/C15H11FN4S/c1-7-18-6-11(14(17)19-7)15-20-13-10-3-2-9(16)4-8(10)5-12(13)21-15/h2-4,6H,5H2,1H3,(H2,17,18,19). The van der Waals surface area contributed by atoms with E-state index in [1.807, 2.05) is 0 Å². The number of benzene rings is 1. The molecule has 0 saturated carbocycles. The summed E-state index contributed by atoms with van der Waals surface area (Å²) in [7, 11) is 0. The molecule has 4 rings (SSSR count). The van der Waals surface area contributed by atoms with E-state index in [1.54, 1.807) is 36.6 Å². The fourth-order valence-electron chi connectivity index (χ4n) is 2.56. The van der Waals surface area contributed by atoms with Gasteiger partial charge in [0, 0.05) is 23.1 Å². The van der Waals surface area contributed by atoms with Crippen LogP contribution in [0, 0.1) is 12.7 Å². The minimum atomic E-state index is -0.208. The van der Waals surface area contributed by atoms with E-state index in [1.165, 1.54) is 6.07 Å². The molecular formula is C15H11FN4S. The van der Waals surface area contributed by atoms with E-state index in [-0.39, 0.29) is 5.82 Å². The molecule has 21 heavy (non-hydrogen) atoms. The van der Waals surface area contributed by atoms with Crippen LogP contribution in [-0.4, -0.2) is 15.0 Å². The molecule has 4 nitrogen and oxygen atoms in total. The molecular weight excluding hydrogens is 287 g/mol. The first-order valence-corrected chi connectivity index (χ1v) is 7.31. The molecule has 1 aliphatic rings. The maximum absolute atomic E-state index is 13.3. The Morgan fingerprint density at radius 2 is 2.10 bits per heavy atom. The van der Waals surface area contributed by atoms with Gasteiger partial charge in [-0.2, -0.15) is 0 Å². The molecule has 0 bridgehead atoms. The van der Waals surface area contributed by atoms with Gasteiger partial charge in [0.1, 0.15) is 22.5 Å². The second kappa shape index (κ2) is 4.33. The van der Waals surface area contributed by atoms with Crippen LogP contribution >= 0.6 is 11.3 Å². The minimum Gasteiger partial charge on any atom is -0.383 e. The quantitative estimate of drug-likeness (QED) is 0.586. The Morgan fingerprint density at radius 3 is 2.90 bits per heavy atom. The first kappa shape index (κ1) is 12.4. The molecule has 2 N–H and O–H groups in total. The third-order valence-corrected chi connectivity index (χ3v) is 4.63. The van der Waals surface area contributed by atoms with Crippen LogP contribution in [0.5, 0.6) is 0 Å². The second-order valence-electron chi connectivity index (χ2n) is 4.99. The summed E-state index contributed by atoms with van der Waals surface area (Å²) in [6.45, 7) is 1.80. The van der Waals surface area contributed by atoms with Gasteiger partial charge in [-0.15, -0.1) is 11.3 Å². The minimum absolute atomic E-state index is 0.208. The molecule has 104 valence electrons. The van der Waals surface area contributed by atoms with Crippen molar-refractivity contribution in [1.29, 1.82) is 0 Å². The highest BCUT2D eigenvalue weighted by molar-refractivity contribution is 7.15. The smallest absolute Gasteiger partial charge is 0.137 e. The summed E-state index contributed by atoms with van der Waals surface area (Å²) in [6, 6.07) is 4.83. The number of hydrogen-bond acceptors (Lipinski definition) is 5.